The van der Waals surface area contributed by atoms with Crippen LogP contribution in [0.2, 0.25) is 0 Å². The van der Waals surface area contributed by atoms with Crippen molar-refractivity contribution in [1.29, 1.82) is 0 Å². The van der Waals surface area contributed by atoms with Crippen molar-refractivity contribution >= 4 is 27.6 Å². The Hall–Kier alpha value is -2.48. The van der Waals surface area contributed by atoms with E-state index in [1.54, 1.807) is 19.9 Å². The molecule has 116 valence electrons. The molecule has 0 saturated heterocycles. The van der Waals surface area contributed by atoms with Gasteiger partial charge in [-0.1, -0.05) is 6.92 Å². The monoisotopic (exact) mass is 320 g/mol. The summed E-state index contributed by atoms with van der Waals surface area (Å²) in [5.41, 5.74) is 1.20. The van der Waals surface area contributed by atoms with Gasteiger partial charge in [0.2, 0.25) is 11.9 Å². The molecule has 0 aliphatic heterocycles. The molecule has 0 atom stereocenters. The molecule has 8 heteroatoms. The number of sulfonamides is 1. The molecule has 1 heterocycles. The normalized spacial score (nSPS) is 11.0. The zero-order chi connectivity index (χ0) is 16.2. The Balaban J connectivity index is 2.17. The Morgan fingerprint density at radius 2 is 1.86 bits per heavy atom. The maximum absolute atomic E-state index is 12.2. The van der Waals surface area contributed by atoms with E-state index in [0.29, 0.717) is 17.8 Å². The van der Waals surface area contributed by atoms with E-state index in [1.165, 1.54) is 30.5 Å². The molecule has 2 rings (SSSR count). The number of carbonyl (C=O) groups excluding carboxylic acids is 1. The first-order valence-electron chi connectivity index (χ1n) is 6.63. The number of nitrogens with zero attached hydrogens (tertiary/aromatic N) is 2. The number of aromatic nitrogens is 2. The lowest BCUT2D eigenvalue weighted by Crippen LogP contribution is -2.15. The van der Waals surface area contributed by atoms with Gasteiger partial charge in [-0.2, -0.15) is 0 Å². The summed E-state index contributed by atoms with van der Waals surface area (Å²) in [4.78, 5) is 19.2. The number of rotatable bonds is 5. The molecule has 0 aliphatic rings. The molecule has 22 heavy (non-hydrogen) atoms. The Bertz CT molecular complexity index is 773. The van der Waals surface area contributed by atoms with Crippen molar-refractivity contribution in [3.05, 3.63) is 42.2 Å². The minimum atomic E-state index is -3.77. The van der Waals surface area contributed by atoms with E-state index in [4.69, 9.17) is 0 Å². The zero-order valence-electron chi connectivity index (χ0n) is 12.2. The Morgan fingerprint density at radius 3 is 2.45 bits per heavy atom. The van der Waals surface area contributed by atoms with Crippen LogP contribution in [0, 0.1) is 6.92 Å². The smallest absolute Gasteiger partial charge is 0.264 e. The number of hydrogen-bond acceptors (Lipinski definition) is 5. The fourth-order valence-electron chi connectivity index (χ4n) is 1.64. The third-order valence-electron chi connectivity index (χ3n) is 2.79. The second-order valence-electron chi connectivity index (χ2n) is 4.55. The van der Waals surface area contributed by atoms with Crippen LogP contribution >= 0.6 is 0 Å². The van der Waals surface area contributed by atoms with Crippen molar-refractivity contribution in [1.82, 2.24) is 9.97 Å². The number of amides is 1. The summed E-state index contributed by atoms with van der Waals surface area (Å²) in [6, 6.07) is 7.54. The van der Waals surface area contributed by atoms with Crippen molar-refractivity contribution in [2.45, 2.75) is 25.2 Å². The predicted molar refractivity (Wildman–Crippen MR) is 82.9 cm³/mol. The topological polar surface area (TPSA) is 101 Å². The summed E-state index contributed by atoms with van der Waals surface area (Å²) in [7, 11) is -3.77. The van der Waals surface area contributed by atoms with E-state index in [2.05, 4.69) is 20.0 Å². The molecule has 0 saturated carbocycles. The molecule has 1 aromatic heterocycles. The first-order valence-corrected chi connectivity index (χ1v) is 8.11. The summed E-state index contributed by atoms with van der Waals surface area (Å²) in [5.74, 6) is -0.120. The van der Waals surface area contributed by atoms with E-state index < -0.39 is 10.0 Å². The van der Waals surface area contributed by atoms with E-state index >= 15 is 0 Å². The van der Waals surface area contributed by atoms with Gasteiger partial charge in [0, 0.05) is 24.0 Å². The molecule has 0 bridgehead atoms. The van der Waals surface area contributed by atoms with Crippen LogP contribution in [0.4, 0.5) is 11.6 Å². The van der Waals surface area contributed by atoms with Gasteiger partial charge in [-0.3, -0.25) is 4.79 Å². The summed E-state index contributed by atoms with van der Waals surface area (Å²) >= 11 is 0. The molecule has 0 fully saturated rings. The largest absolute Gasteiger partial charge is 0.326 e. The highest BCUT2D eigenvalue weighted by Crippen LogP contribution is 2.16. The fourth-order valence-corrected chi connectivity index (χ4v) is 2.59. The maximum atomic E-state index is 12.2. The van der Waals surface area contributed by atoms with Gasteiger partial charge in [0.15, 0.2) is 0 Å². The molecule has 2 N–H and O–H groups in total. The highest BCUT2D eigenvalue weighted by atomic mass is 32.2. The van der Waals surface area contributed by atoms with Crippen molar-refractivity contribution in [2.24, 2.45) is 0 Å². The summed E-state index contributed by atoms with van der Waals surface area (Å²) < 4.78 is 26.8. The molecular weight excluding hydrogens is 304 g/mol. The molecule has 0 aliphatic carbocycles. The number of benzene rings is 1. The van der Waals surface area contributed by atoms with Gasteiger partial charge in [0.05, 0.1) is 4.90 Å². The Kier molecular flexibility index (Phi) is 4.71. The maximum Gasteiger partial charge on any atom is 0.264 e. The van der Waals surface area contributed by atoms with Crippen LogP contribution in [0.3, 0.4) is 0 Å². The van der Waals surface area contributed by atoms with E-state index in [0.717, 1.165) is 0 Å². The van der Waals surface area contributed by atoms with Gasteiger partial charge in [0.25, 0.3) is 10.0 Å². The number of carbonyl (C=O) groups is 1. The minimum Gasteiger partial charge on any atom is -0.326 e. The van der Waals surface area contributed by atoms with Crippen LogP contribution in [0.25, 0.3) is 0 Å². The van der Waals surface area contributed by atoms with Crippen LogP contribution in [-0.4, -0.2) is 24.3 Å². The van der Waals surface area contributed by atoms with Crippen LogP contribution in [-0.2, 0) is 14.8 Å². The second kappa shape index (κ2) is 6.52. The van der Waals surface area contributed by atoms with Crippen molar-refractivity contribution < 1.29 is 13.2 Å². The molecule has 2 aromatic rings. The SMILES string of the molecule is CCC(=O)Nc1ccc(S(=O)(=O)Nc2nccc(C)n2)cc1. The summed E-state index contributed by atoms with van der Waals surface area (Å²) in [6.07, 6.45) is 1.83. The third kappa shape index (κ3) is 4.01. The van der Waals surface area contributed by atoms with E-state index in [1.807, 2.05) is 0 Å². The van der Waals surface area contributed by atoms with Gasteiger partial charge in [-0.05, 0) is 37.3 Å². The highest BCUT2D eigenvalue weighted by Gasteiger charge is 2.15. The van der Waals surface area contributed by atoms with Crippen molar-refractivity contribution in [3.63, 3.8) is 0 Å². The molecule has 0 spiro atoms. The number of hydrogen-bond donors (Lipinski definition) is 2. The first kappa shape index (κ1) is 15.9. The number of aryl methyl sites for hydroxylation is 1. The molecule has 0 radical (unpaired) electrons. The fraction of sp³-hybridized carbons (Fsp3) is 0.214. The lowest BCUT2D eigenvalue weighted by Gasteiger charge is -2.08. The van der Waals surface area contributed by atoms with Crippen LogP contribution in [0.15, 0.2) is 41.4 Å². The zero-order valence-corrected chi connectivity index (χ0v) is 13.0. The average molecular weight is 320 g/mol. The number of anilines is 2. The van der Waals surface area contributed by atoms with Gasteiger partial charge < -0.3 is 5.32 Å². The van der Waals surface area contributed by atoms with Gasteiger partial charge in [-0.25, -0.2) is 23.1 Å². The van der Waals surface area contributed by atoms with E-state index in [-0.39, 0.29) is 16.8 Å². The van der Waals surface area contributed by atoms with Crippen LogP contribution in [0.1, 0.15) is 19.0 Å². The Labute approximate surface area is 128 Å². The quantitative estimate of drug-likeness (QED) is 0.876. The Morgan fingerprint density at radius 1 is 1.18 bits per heavy atom. The minimum absolute atomic E-state index is 0.0170. The van der Waals surface area contributed by atoms with Crippen molar-refractivity contribution in [3.8, 4) is 0 Å². The highest BCUT2D eigenvalue weighted by molar-refractivity contribution is 7.92. The lowest BCUT2D eigenvalue weighted by atomic mass is 10.3. The van der Waals surface area contributed by atoms with Gasteiger partial charge in [-0.15, -0.1) is 0 Å². The average Bonchev–Trinajstić information content (AvgIpc) is 2.47. The predicted octanol–water partition coefficient (Wildman–Crippen LogP) is 1.93. The van der Waals surface area contributed by atoms with Crippen LogP contribution < -0.4 is 10.0 Å². The third-order valence-corrected chi connectivity index (χ3v) is 4.13. The molecule has 0 unspecified atom stereocenters. The summed E-state index contributed by atoms with van der Waals surface area (Å²) in [6.45, 7) is 3.48. The number of nitrogens with one attached hydrogen (secondary N) is 2. The standard InChI is InChI=1S/C14H16N4O3S/c1-3-13(19)17-11-4-6-12(7-5-11)22(20,21)18-14-15-9-8-10(2)16-14/h4-9H,3H2,1-2H3,(H,17,19)(H,15,16,18). The molecule has 1 amide bonds. The van der Waals surface area contributed by atoms with E-state index in [9.17, 15) is 13.2 Å². The lowest BCUT2D eigenvalue weighted by molar-refractivity contribution is -0.115. The first-order chi connectivity index (χ1) is 10.4. The van der Waals surface area contributed by atoms with Crippen LogP contribution in [0.5, 0.6) is 0 Å². The molecule has 7 nitrogen and oxygen atoms in total. The van der Waals surface area contributed by atoms with Gasteiger partial charge in [0.1, 0.15) is 0 Å². The summed E-state index contributed by atoms with van der Waals surface area (Å²) in [5, 5.41) is 2.65. The van der Waals surface area contributed by atoms with Gasteiger partial charge >= 0.3 is 0 Å². The second-order valence-corrected chi connectivity index (χ2v) is 6.24. The molecule has 1 aromatic carbocycles. The van der Waals surface area contributed by atoms with Crippen molar-refractivity contribution in [2.75, 3.05) is 10.0 Å². The molecular formula is C14H16N4O3S.